The fraction of sp³-hybridized carbons (Fsp3) is 0.692. The second-order valence-electron chi connectivity index (χ2n) is 5.59. The van der Waals surface area contributed by atoms with Gasteiger partial charge in [-0.15, -0.1) is 0 Å². The Bertz CT molecular complexity index is 556. The average molecular weight is 283 g/mol. The molecule has 2 fully saturated rings. The van der Waals surface area contributed by atoms with Crippen LogP contribution in [0.5, 0.6) is 0 Å². The van der Waals surface area contributed by atoms with E-state index in [1.807, 2.05) is 7.05 Å². The number of hydrogen-bond acceptors (Lipinski definition) is 3. The Balaban J connectivity index is 1.84. The molecule has 1 aromatic rings. The Labute approximate surface area is 114 Å². The van der Waals surface area contributed by atoms with Gasteiger partial charge in [-0.2, -0.15) is 0 Å². The van der Waals surface area contributed by atoms with Crippen LogP contribution in [0.25, 0.3) is 0 Å². The molecule has 19 heavy (non-hydrogen) atoms. The van der Waals surface area contributed by atoms with Crippen LogP contribution in [0.1, 0.15) is 43.8 Å². The molecule has 5 nitrogen and oxygen atoms in total. The van der Waals surface area contributed by atoms with Crippen molar-refractivity contribution >= 4 is 10.0 Å². The summed E-state index contributed by atoms with van der Waals surface area (Å²) >= 11 is 0. The molecular formula is C13H21N3O2S. The Kier molecular flexibility index (Phi) is 3.41. The van der Waals surface area contributed by atoms with Crippen molar-refractivity contribution in [3.05, 3.63) is 18.0 Å². The van der Waals surface area contributed by atoms with Gasteiger partial charge in [0.25, 0.3) is 0 Å². The topological polar surface area (TPSA) is 63.1 Å². The molecule has 106 valence electrons. The van der Waals surface area contributed by atoms with Gasteiger partial charge in [-0.3, -0.25) is 0 Å². The molecule has 0 amide bonds. The molecule has 0 spiro atoms. The van der Waals surface area contributed by atoms with E-state index in [-0.39, 0.29) is 6.04 Å². The molecule has 2 saturated carbocycles. The summed E-state index contributed by atoms with van der Waals surface area (Å²) in [6.07, 6.45) is 7.16. The van der Waals surface area contributed by atoms with Gasteiger partial charge in [0.15, 0.2) is 0 Å². The van der Waals surface area contributed by atoms with Crippen LogP contribution in [0.4, 0.5) is 0 Å². The van der Waals surface area contributed by atoms with E-state index in [9.17, 15) is 8.42 Å². The predicted molar refractivity (Wildman–Crippen MR) is 73.4 cm³/mol. The van der Waals surface area contributed by atoms with Gasteiger partial charge in [0, 0.05) is 30.5 Å². The van der Waals surface area contributed by atoms with Gasteiger partial charge >= 0.3 is 0 Å². The summed E-state index contributed by atoms with van der Waals surface area (Å²) in [6.45, 7) is 0.704. The van der Waals surface area contributed by atoms with Crippen LogP contribution in [0.2, 0.25) is 0 Å². The standard InChI is InChI=1S/C13H21N3O2S/c1-14-8-12-7-13(9-16(12)11-5-6-11)19(17,18)15-10-3-2-4-10/h7,9-11,14-15H,2-6,8H2,1H3. The van der Waals surface area contributed by atoms with Crippen molar-refractivity contribution in [2.75, 3.05) is 7.05 Å². The van der Waals surface area contributed by atoms with Crippen molar-refractivity contribution < 1.29 is 8.42 Å². The number of sulfonamides is 1. The first kappa shape index (κ1) is 13.1. The van der Waals surface area contributed by atoms with Crippen LogP contribution in [0, 0.1) is 0 Å². The maximum Gasteiger partial charge on any atom is 0.242 e. The van der Waals surface area contributed by atoms with Crippen LogP contribution in [0.15, 0.2) is 17.2 Å². The molecule has 0 aromatic carbocycles. The quantitative estimate of drug-likeness (QED) is 0.829. The summed E-state index contributed by atoms with van der Waals surface area (Å²) in [5, 5.41) is 3.10. The van der Waals surface area contributed by atoms with Crippen molar-refractivity contribution in [2.45, 2.75) is 55.6 Å². The highest BCUT2D eigenvalue weighted by Crippen LogP contribution is 2.37. The monoisotopic (exact) mass is 283 g/mol. The van der Waals surface area contributed by atoms with Crippen LogP contribution in [-0.4, -0.2) is 26.1 Å². The fourth-order valence-corrected chi connectivity index (χ4v) is 3.83. The second-order valence-corrected chi connectivity index (χ2v) is 7.30. The molecule has 1 heterocycles. The van der Waals surface area contributed by atoms with Crippen LogP contribution in [0.3, 0.4) is 0 Å². The molecule has 0 aliphatic heterocycles. The summed E-state index contributed by atoms with van der Waals surface area (Å²) < 4.78 is 29.5. The van der Waals surface area contributed by atoms with Crippen molar-refractivity contribution in [2.24, 2.45) is 0 Å². The normalized spacial score (nSPS) is 20.5. The molecule has 0 radical (unpaired) electrons. The van der Waals surface area contributed by atoms with E-state index in [1.165, 1.54) is 0 Å². The van der Waals surface area contributed by atoms with Gasteiger partial charge < -0.3 is 9.88 Å². The third-order valence-electron chi connectivity index (χ3n) is 3.94. The zero-order valence-corrected chi connectivity index (χ0v) is 12.0. The van der Waals surface area contributed by atoms with Crippen molar-refractivity contribution in [1.29, 1.82) is 0 Å². The van der Waals surface area contributed by atoms with Crippen LogP contribution >= 0.6 is 0 Å². The largest absolute Gasteiger partial charge is 0.346 e. The van der Waals surface area contributed by atoms with Crippen molar-refractivity contribution in [3.8, 4) is 0 Å². The molecule has 3 rings (SSSR count). The van der Waals surface area contributed by atoms with Gasteiger partial charge in [-0.1, -0.05) is 6.42 Å². The number of hydrogen-bond donors (Lipinski definition) is 2. The van der Waals surface area contributed by atoms with Gasteiger partial charge in [0.2, 0.25) is 10.0 Å². The minimum Gasteiger partial charge on any atom is -0.346 e. The van der Waals surface area contributed by atoms with E-state index in [4.69, 9.17) is 0 Å². The molecule has 0 atom stereocenters. The maximum absolute atomic E-state index is 12.3. The Morgan fingerprint density at radius 3 is 2.58 bits per heavy atom. The fourth-order valence-electron chi connectivity index (χ4n) is 2.47. The second kappa shape index (κ2) is 4.92. The predicted octanol–water partition coefficient (Wildman–Crippen LogP) is 1.37. The molecule has 6 heteroatoms. The first-order valence-corrected chi connectivity index (χ1v) is 8.46. The van der Waals surface area contributed by atoms with Gasteiger partial charge in [-0.05, 0) is 38.8 Å². The Morgan fingerprint density at radius 2 is 2.05 bits per heavy atom. The van der Waals surface area contributed by atoms with Crippen molar-refractivity contribution in [3.63, 3.8) is 0 Å². The van der Waals surface area contributed by atoms with E-state index in [1.54, 1.807) is 12.3 Å². The third-order valence-corrected chi connectivity index (χ3v) is 5.43. The lowest BCUT2D eigenvalue weighted by Gasteiger charge is -2.25. The minimum absolute atomic E-state index is 0.141. The van der Waals surface area contributed by atoms with Crippen molar-refractivity contribution in [1.82, 2.24) is 14.6 Å². The van der Waals surface area contributed by atoms with Gasteiger partial charge in [0.1, 0.15) is 0 Å². The Hall–Kier alpha value is -0.850. The summed E-state index contributed by atoms with van der Waals surface area (Å²) in [7, 11) is -1.46. The number of nitrogens with one attached hydrogen (secondary N) is 2. The van der Waals surface area contributed by atoms with E-state index >= 15 is 0 Å². The van der Waals surface area contributed by atoms with Gasteiger partial charge in [0.05, 0.1) is 4.90 Å². The summed E-state index contributed by atoms with van der Waals surface area (Å²) in [5.41, 5.74) is 1.05. The molecule has 0 saturated heterocycles. The molecule has 0 bridgehead atoms. The summed E-state index contributed by atoms with van der Waals surface area (Å²) in [5.74, 6) is 0. The van der Waals surface area contributed by atoms with Gasteiger partial charge in [-0.25, -0.2) is 13.1 Å². The van der Waals surface area contributed by atoms with E-state index < -0.39 is 10.0 Å². The lowest BCUT2D eigenvalue weighted by molar-refractivity contribution is 0.383. The highest BCUT2D eigenvalue weighted by Gasteiger charge is 2.30. The molecule has 2 aliphatic rings. The lowest BCUT2D eigenvalue weighted by Crippen LogP contribution is -2.39. The van der Waals surface area contributed by atoms with Crippen LogP contribution < -0.4 is 10.0 Å². The minimum atomic E-state index is -3.34. The zero-order valence-electron chi connectivity index (χ0n) is 11.2. The maximum atomic E-state index is 12.3. The van der Waals surface area contributed by atoms with E-state index in [0.717, 1.165) is 37.8 Å². The van der Waals surface area contributed by atoms with Crippen LogP contribution in [-0.2, 0) is 16.6 Å². The SMILES string of the molecule is CNCc1cc(S(=O)(=O)NC2CCC2)cn1C1CC1. The molecule has 1 aromatic heterocycles. The first-order valence-electron chi connectivity index (χ1n) is 6.98. The molecule has 0 unspecified atom stereocenters. The summed E-state index contributed by atoms with van der Waals surface area (Å²) in [4.78, 5) is 0.413. The third kappa shape index (κ3) is 2.70. The molecule has 2 aliphatic carbocycles. The highest BCUT2D eigenvalue weighted by atomic mass is 32.2. The van der Waals surface area contributed by atoms with E-state index in [0.29, 0.717) is 17.5 Å². The smallest absolute Gasteiger partial charge is 0.242 e. The molecule has 2 N–H and O–H groups in total. The number of nitrogens with zero attached hydrogens (tertiary/aromatic N) is 1. The highest BCUT2D eigenvalue weighted by molar-refractivity contribution is 7.89. The zero-order chi connectivity index (χ0) is 13.5. The summed E-state index contributed by atoms with van der Waals surface area (Å²) in [6, 6.07) is 2.44. The Morgan fingerprint density at radius 1 is 1.32 bits per heavy atom. The number of rotatable bonds is 6. The first-order chi connectivity index (χ1) is 9.10. The lowest BCUT2D eigenvalue weighted by atomic mass is 9.94. The van der Waals surface area contributed by atoms with E-state index in [2.05, 4.69) is 14.6 Å². The average Bonchev–Trinajstić information content (AvgIpc) is 3.06. The molecular weight excluding hydrogens is 262 g/mol. The number of aromatic nitrogens is 1.